The number of pyridine rings is 1. The number of carbonyl (C=O) groups excluding carboxylic acids is 2. The molecule has 0 unspecified atom stereocenters. The Morgan fingerprint density at radius 1 is 1.36 bits per heavy atom. The molecule has 1 fully saturated rings. The molecule has 2 amide bonds. The molecule has 1 N–H and O–H groups in total. The third-order valence-corrected chi connectivity index (χ3v) is 4.07. The van der Waals surface area contributed by atoms with Crippen LogP contribution in [-0.4, -0.2) is 26.1 Å². The number of hydrogen-bond donors (Lipinski definition) is 1. The minimum atomic E-state index is -0.432. The zero-order valence-electron chi connectivity index (χ0n) is 11.1. The number of rotatable bonds is 3. The predicted molar refractivity (Wildman–Crippen MR) is 85.4 cm³/mol. The minimum Gasteiger partial charge on any atom is -0.465 e. The molecule has 3 heterocycles. The van der Waals surface area contributed by atoms with Crippen molar-refractivity contribution >= 4 is 46.2 Å². The summed E-state index contributed by atoms with van der Waals surface area (Å²) in [7, 11) is 0. The molecule has 0 atom stereocenters. The number of aromatic nitrogens is 1. The normalized spacial score (nSPS) is 16.4. The Morgan fingerprint density at radius 2 is 2.14 bits per heavy atom. The van der Waals surface area contributed by atoms with Gasteiger partial charge in [-0.15, -0.1) is 0 Å². The van der Waals surface area contributed by atoms with Crippen LogP contribution in [0.15, 0.2) is 52.2 Å². The number of amides is 2. The number of nitrogens with zero attached hydrogens (tertiary/aromatic N) is 2. The average molecular weight is 331 g/mol. The van der Waals surface area contributed by atoms with Gasteiger partial charge in [0.25, 0.3) is 11.8 Å². The molecule has 0 aliphatic carbocycles. The molecule has 1 aliphatic rings. The summed E-state index contributed by atoms with van der Waals surface area (Å²) in [6.45, 7) is 0. The summed E-state index contributed by atoms with van der Waals surface area (Å²) < 4.78 is 5.42. The van der Waals surface area contributed by atoms with E-state index < -0.39 is 11.8 Å². The van der Waals surface area contributed by atoms with Gasteiger partial charge >= 0.3 is 0 Å². The first-order valence-corrected chi connectivity index (χ1v) is 7.40. The molecule has 2 aromatic heterocycles. The number of hydrazine groups is 1. The largest absolute Gasteiger partial charge is 0.465 e. The van der Waals surface area contributed by atoms with Gasteiger partial charge in [0, 0.05) is 24.0 Å². The molecule has 1 aliphatic heterocycles. The lowest BCUT2D eigenvalue weighted by Gasteiger charge is -2.15. The Kier molecular flexibility index (Phi) is 4.03. The van der Waals surface area contributed by atoms with Crippen molar-refractivity contribution in [3.63, 3.8) is 0 Å². The number of nitrogens with one attached hydrogen (secondary N) is 1. The van der Waals surface area contributed by atoms with E-state index in [0.29, 0.717) is 16.2 Å². The van der Waals surface area contributed by atoms with E-state index in [9.17, 15) is 9.59 Å². The first kappa shape index (κ1) is 14.5. The second-order valence-corrected chi connectivity index (χ2v) is 5.89. The van der Waals surface area contributed by atoms with Gasteiger partial charge in [-0.05, 0) is 36.5 Å². The van der Waals surface area contributed by atoms with Crippen LogP contribution in [-0.2, 0) is 4.79 Å². The van der Waals surface area contributed by atoms with Crippen molar-refractivity contribution in [1.82, 2.24) is 15.4 Å². The van der Waals surface area contributed by atoms with Crippen molar-refractivity contribution in [2.24, 2.45) is 0 Å². The van der Waals surface area contributed by atoms with Crippen LogP contribution in [0, 0.1) is 0 Å². The van der Waals surface area contributed by atoms with Crippen LogP contribution in [0.5, 0.6) is 0 Å². The highest BCUT2D eigenvalue weighted by Crippen LogP contribution is 2.31. The summed E-state index contributed by atoms with van der Waals surface area (Å²) >= 11 is 6.23. The lowest BCUT2D eigenvalue weighted by atomic mass is 10.2. The van der Waals surface area contributed by atoms with E-state index in [0.717, 1.165) is 16.8 Å². The molecule has 8 heteroatoms. The number of carbonyl (C=O) groups is 2. The molecule has 2 aromatic rings. The second-order valence-electron chi connectivity index (χ2n) is 4.21. The van der Waals surface area contributed by atoms with Gasteiger partial charge in [0.15, 0.2) is 4.32 Å². The summed E-state index contributed by atoms with van der Waals surface area (Å²) in [5.41, 5.74) is 2.88. The van der Waals surface area contributed by atoms with E-state index >= 15 is 0 Å². The second kappa shape index (κ2) is 6.12. The van der Waals surface area contributed by atoms with Gasteiger partial charge in [-0.1, -0.05) is 11.8 Å². The fourth-order valence-electron chi connectivity index (χ4n) is 1.74. The van der Waals surface area contributed by atoms with Gasteiger partial charge in [-0.25, -0.2) is 0 Å². The molecule has 0 spiro atoms. The molecule has 6 nitrogen and oxygen atoms in total. The maximum absolute atomic E-state index is 12.3. The summed E-state index contributed by atoms with van der Waals surface area (Å²) in [5, 5.41) is 1.05. The fraction of sp³-hybridized carbons (Fsp3) is 0. The van der Waals surface area contributed by atoms with Gasteiger partial charge in [-0.2, -0.15) is 5.01 Å². The molecule has 22 heavy (non-hydrogen) atoms. The molecular formula is C14H9N3O3S2. The van der Waals surface area contributed by atoms with Crippen LogP contribution >= 0.6 is 24.0 Å². The van der Waals surface area contributed by atoms with E-state index in [1.54, 1.807) is 30.3 Å². The molecule has 1 saturated heterocycles. The first-order valence-electron chi connectivity index (χ1n) is 6.17. The van der Waals surface area contributed by atoms with Crippen molar-refractivity contribution in [2.75, 3.05) is 0 Å². The van der Waals surface area contributed by atoms with Crippen molar-refractivity contribution in [3.8, 4) is 0 Å². The zero-order chi connectivity index (χ0) is 15.5. The van der Waals surface area contributed by atoms with Crippen LogP contribution in [0.25, 0.3) is 6.08 Å². The summed E-state index contributed by atoms with van der Waals surface area (Å²) in [5.74, 6) is -0.285. The highest BCUT2D eigenvalue weighted by atomic mass is 32.2. The first-order chi connectivity index (χ1) is 10.6. The van der Waals surface area contributed by atoms with Crippen molar-refractivity contribution in [1.29, 1.82) is 0 Å². The minimum absolute atomic E-state index is 0.255. The Hall–Kier alpha value is -2.45. The number of furan rings is 1. The molecular weight excluding hydrogens is 322 g/mol. The maximum atomic E-state index is 12.3. The van der Waals surface area contributed by atoms with Gasteiger partial charge in [-0.3, -0.25) is 20.0 Å². The van der Waals surface area contributed by atoms with Crippen LogP contribution < -0.4 is 5.43 Å². The van der Waals surface area contributed by atoms with Crippen molar-refractivity contribution in [2.45, 2.75) is 0 Å². The Labute approximate surface area is 135 Å². The van der Waals surface area contributed by atoms with Crippen LogP contribution in [0.4, 0.5) is 0 Å². The fourth-order valence-corrected chi connectivity index (χ4v) is 2.90. The van der Waals surface area contributed by atoms with Gasteiger partial charge < -0.3 is 4.42 Å². The third kappa shape index (κ3) is 2.92. The van der Waals surface area contributed by atoms with E-state index in [2.05, 4.69) is 10.4 Å². The Balaban J connectivity index is 1.76. The quantitative estimate of drug-likeness (QED) is 0.686. The lowest BCUT2D eigenvalue weighted by Crippen LogP contribution is -2.44. The Bertz CT molecular complexity index is 757. The highest BCUT2D eigenvalue weighted by molar-refractivity contribution is 8.26. The van der Waals surface area contributed by atoms with Crippen molar-refractivity contribution in [3.05, 3.63) is 59.2 Å². The molecule has 0 radical (unpaired) electrons. The molecule has 3 rings (SSSR count). The molecule has 0 bridgehead atoms. The van der Waals surface area contributed by atoms with Crippen molar-refractivity contribution < 1.29 is 14.0 Å². The Morgan fingerprint density at radius 3 is 2.82 bits per heavy atom. The molecule has 110 valence electrons. The average Bonchev–Trinajstić information content (AvgIpc) is 3.12. The summed E-state index contributed by atoms with van der Waals surface area (Å²) in [4.78, 5) is 28.6. The smallest absolute Gasteiger partial charge is 0.285 e. The maximum Gasteiger partial charge on any atom is 0.285 e. The standard InChI is InChI=1S/C14H9N3O3S2/c18-12(9-3-5-15-6-4-9)16-17-13(19)11(22-14(17)21)8-10-2-1-7-20-10/h1-8H,(H,16,18)/b11-8-. The monoisotopic (exact) mass is 331 g/mol. The van der Waals surface area contributed by atoms with Crippen LogP contribution in [0.1, 0.15) is 16.1 Å². The van der Waals surface area contributed by atoms with Crippen LogP contribution in [0.3, 0.4) is 0 Å². The topological polar surface area (TPSA) is 75.4 Å². The number of thioether (sulfide) groups is 1. The molecule has 0 saturated carbocycles. The summed E-state index contributed by atoms with van der Waals surface area (Å²) in [6, 6.07) is 6.54. The third-order valence-electron chi connectivity index (χ3n) is 2.77. The van der Waals surface area contributed by atoms with E-state index in [1.165, 1.54) is 18.7 Å². The van der Waals surface area contributed by atoms with Gasteiger partial charge in [0.1, 0.15) is 5.76 Å². The SMILES string of the molecule is O=C(NN1C(=O)/C(=C/c2ccco2)SC1=S)c1ccncc1. The van der Waals surface area contributed by atoms with E-state index in [-0.39, 0.29) is 4.32 Å². The van der Waals surface area contributed by atoms with Crippen LogP contribution in [0.2, 0.25) is 0 Å². The van der Waals surface area contributed by atoms with Gasteiger partial charge in [0.05, 0.1) is 11.2 Å². The number of thiocarbonyl (C=S) groups is 1. The van der Waals surface area contributed by atoms with E-state index in [4.69, 9.17) is 16.6 Å². The summed E-state index contributed by atoms with van der Waals surface area (Å²) in [6.07, 6.45) is 6.09. The highest BCUT2D eigenvalue weighted by Gasteiger charge is 2.34. The lowest BCUT2D eigenvalue weighted by molar-refractivity contribution is -0.123. The van der Waals surface area contributed by atoms with E-state index in [1.807, 2.05) is 0 Å². The predicted octanol–water partition coefficient (Wildman–Crippen LogP) is 2.22. The molecule has 0 aromatic carbocycles. The zero-order valence-corrected chi connectivity index (χ0v) is 12.7. The number of hydrogen-bond acceptors (Lipinski definition) is 6. The van der Waals surface area contributed by atoms with Gasteiger partial charge in [0.2, 0.25) is 0 Å².